The summed E-state index contributed by atoms with van der Waals surface area (Å²) in [6.07, 6.45) is 2.14. The number of likely N-dealkylation sites (tertiary alicyclic amines) is 1. The average molecular weight is 272 g/mol. The molecule has 1 heterocycles. The van der Waals surface area contributed by atoms with E-state index in [1.165, 1.54) is 0 Å². The lowest BCUT2D eigenvalue weighted by atomic mass is 10.1. The van der Waals surface area contributed by atoms with Crippen molar-refractivity contribution in [2.24, 2.45) is 5.92 Å². The quantitative estimate of drug-likeness (QED) is 0.764. The van der Waals surface area contributed by atoms with Crippen LogP contribution in [0, 0.1) is 5.92 Å². The zero-order valence-corrected chi connectivity index (χ0v) is 11.7. The van der Waals surface area contributed by atoms with Gasteiger partial charge in [-0.1, -0.05) is 6.92 Å². The minimum Gasteiger partial charge on any atom is -0.481 e. The summed E-state index contributed by atoms with van der Waals surface area (Å²) in [7, 11) is 0. The third kappa shape index (κ3) is 5.92. The molecular weight excluding hydrogens is 248 g/mol. The molecule has 0 saturated carbocycles. The number of carboxylic acids is 1. The van der Waals surface area contributed by atoms with Crippen LogP contribution in [0.15, 0.2) is 0 Å². The molecule has 2 atom stereocenters. The lowest BCUT2D eigenvalue weighted by Crippen LogP contribution is -2.48. The molecule has 2 N–H and O–H groups in total. The van der Waals surface area contributed by atoms with Crippen LogP contribution in [0.25, 0.3) is 0 Å². The number of ether oxygens (including phenoxy) is 1. The number of nitrogens with zero attached hydrogens (tertiary/aromatic N) is 1. The Balaban J connectivity index is 2.30. The molecule has 110 valence electrons. The number of aliphatic carboxylic acids is 1. The Morgan fingerprint density at radius 1 is 1.53 bits per heavy atom. The van der Waals surface area contributed by atoms with Crippen molar-refractivity contribution in [1.29, 1.82) is 0 Å². The van der Waals surface area contributed by atoms with Crippen molar-refractivity contribution in [2.75, 3.05) is 26.2 Å². The molecule has 2 amide bonds. The van der Waals surface area contributed by atoms with E-state index in [1.54, 1.807) is 4.90 Å². The Bertz CT molecular complexity index is 307. The molecule has 0 aromatic carbocycles. The van der Waals surface area contributed by atoms with Crippen LogP contribution >= 0.6 is 0 Å². The van der Waals surface area contributed by atoms with Crippen LogP contribution in [0.5, 0.6) is 0 Å². The van der Waals surface area contributed by atoms with Gasteiger partial charge in [0.2, 0.25) is 0 Å². The van der Waals surface area contributed by atoms with Crippen LogP contribution < -0.4 is 5.32 Å². The lowest BCUT2D eigenvalue weighted by Gasteiger charge is -2.32. The summed E-state index contributed by atoms with van der Waals surface area (Å²) in [5.74, 6) is -0.898. The monoisotopic (exact) mass is 272 g/mol. The molecule has 6 nitrogen and oxygen atoms in total. The Hall–Kier alpha value is -1.30. The van der Waals surface area contributed by atoms with Crippen molar-refractivity contribution in [2.45, 2.75) is 39.2 Å². The van der Waals surface area contributed by atoms with Crippen molar-refractivity contribution in [3.05, 3.63) is 0 Å². The summed E-state index contributed by atoms with van der Waals surface area (Å²) in [4.78, 5) is 24.2. The first-order valence-electron chi connectivity index (χ1n) is 6.89. The first-order valence-corrected chi connectivity index (χ1v) is 6.89. The standard InChI is InChI=1S/C13H24N2O4/c1-3-19-11-5-4-6-15(9-11)13(18)14-8-10(2)7-12(16)17/h10-11H,3-9H2,1-2H3,(H,14,18)(H,16,17). The molecule has 6 heteroatoms. The van der Waals surface area contributed by atoms with E-state index in [0.717, 1.165) is 19.4 Å². The highest BCUT2D eigenvalue weighted by Gasteiger charge is 2.23. The van der Waals surface area contributed by atoms with E-state index in [0.29, 0.717) is 19.7 Å². The number of hydrogen-bond donors (Lipinski definition) is 2. The van der Waals surface area contributed by atoms with Gasteiger partial charge in [0.25, 0.3) is 0 Å². The van der Waals surface area contributed by atoms with Crippen LogP contribution in [0.1, 0.15) is 33.1 Å². The fourth-order valence-corrected chi connectivity index (χ4v) is 2.24. The molecule has 0 aliphatic carbocycles. The predicted octanol–water partition coefficient (Wildman–Crippen LogP) is 1.31. The molecule has 1 aliphatic heterocycles. The van der Waals surface area contributed by atoms with Gasteiger partial charge in [0, 0.05) is 32.7 Å². The second-order valence-electron chi connectivity index (χ2n) is 5.05. The van der Waals surface area contributed by atoms with Crippen LogP contribution in [-0.2, 0) is 9.53 Å². The van der Waals surface area contributed by atoms with Crippen LogP contribution in [-0.4, -0.2) is 54.4 Å². The Morgan fingerprint density at radius 3 is 2.89 bits per heavy atom. The summed E-state index contributed by atoms with van der Waals surface area (Å²) in [5, 5.41) is 11.4. The smallest absolute Gasteiger partial charge is 0.317 e. The molecule has 0 aromatic heterocycles. The first kappa shape index (κ1) is 15.8. The Morgan fingerprint density at radius 2 is 2.26 bits per heavy atom. The van der Waals surface area contributed by atoms with Gasteiger partial charge in [-0.25, -0.2) is 4.79 Å². The lowest BCUT2D eigenvalue weighted by molar-refractivity contribution is -0.137. The largest absolute Gasteiger partial charge is 0.481 e. The normalized spacial score (nSPS) is 20.9. The number of urea groups is 1. The zero-order chi connectivity index (χ0) is 14.3. The topological polar surface area (TPSA) is 78.9 Å². The van der Waals surface area contributed by atoms with Crippen molar-refractivity contribution >= 4 is 12.0 Å². The molecule has 19 heavy (non-hydrogen) atoms. The number of hydrogen-bond acceptors (Lipinski definition) is 3. The highest BCUT2D eigenvalue weighted by Crippen LogP contribution is 2.13. The molecule has 1 fully saturated rings. The zero-order valence-electron chi connectivity index (χ0n) is 11.7. The van der Waals surface area contributed by atoms with E-state index in [2.05, 4.69) is 5.32 Å². The van der Waals surface area contributed by atoms with Gasteiger partial charge in [0.15, 0.2) is 0 Å². The maximum atomic E-state index is 11.9. The minimum atomic E-state index is -0.837. The van der Waals surface area contributed by atoms with Gasteiger partial charge in [-0.05, 0) is 25.7 Å². The van der Waals surface area contributed by atoms with Crippen molar-refractivity contribution < 1.29 is 19.4 Å². The fraction of sp³-hybridized carbons (Fsp3) is 0.846. The van der Waals surface area contributed by atoms with Crippen molar-refractivity contribution in [3.8, 4) is 0 Å². The Kier molecular flexibility index (Phi) is 6.62. The molecule has 0 bridgehead atoms. The van der Waals surface area contributed by atoms with E-state index in [-0.39, 0.29) is 24.5 Å². The van der Waals surface area contributed by atoms with E-state index in [4.69, 9.17) is 9.84 Å². The van der Waals surface area contributed by atoms with Crippen LogP contribution in [0.4, 0.5) is 4.79 Å². The number of amides is 2. The van der Waals surface area contributed by atoms with Crippen LogP contribution in [0.3, 0.4) is 0 Å². The van der Waals surface area contributed by atoms with E-state index in [1.807, 2.05) is 13.8 Å². The van der Waals surface area contributed by atoms with Gasteiger partial charge in [0.1, 0.15) is 0 Å². The molecular formula is C13H24N2O4. The molecule has 0 radical (unpaired) electrons. The number of carbonyl (C=O) groups is 2. The fourth-order valence-electron chi connectivity index (χ4n) is 2.24. The molecule has 0 aromatic rings. The Labute approximate surface area is 114 Å². The maximum Gasteiger partial charge on any atom is 0.317 e. The number of piperidine rings is 1. The third-order valence-electron chi connectivity index (χ3n) is 3.19. The second kappa shape index (κ2) is 7.99. The van der Waals surface area contributed by atoms with Gasteiger partial charge in [-0.15, -0.1) is 0 Å². The number of carbonyl (C=O) groups excluding carboxylic acids is 1. The third-order valence-corrected chi connectivity index (χ3v) is 3.19. The summed E-state index contributed by atoms with van der Waals surface area (Å²) < 4.78 is 5.54. The summed E-state index contributed by atoms with van der Waals surface area (Å²) in [6.45, 7) is 6.17. The van der Waals surface area contributed by atoms with Gasteiger partial charge >= 0.3 is 12.0 Å². The predicted molar refractivity (Wildman–Crippen MR) is 71.0 cm³/mol. The van der Waals surface area contributed by atoms with Gasteiger partial charge in [-0.3, -0.25) is 4.79 Å². The number of rotatable bonds is 6. The molecule has 2 unspecified atom stereocenters. The first-order chi connectivity index (χ1) is 9.02. The van der Waals surface area contributed by atoms with Crippen molar-refractivity contribution in [3.63, 3.8) is 0 Å². The maximum absolute atomic E-state index is 11.9. The van der Waals surface area contributed by atoms with E-state index in [9.17, 15) is 9.59 Å². The second-order valence-corrected chi connectivity index (χ2v) is 5.05. The summed E-state index contributed by atoms with van der Waals surface area (Å²) >= 11 is 0. The molecule has 1 rings (SSSR count). The average Bonchev–Trinajstić information content (AvgIpc) is 2.36. The molecule has 1 saturated heterocycles. The van der Waals surface area contributed by atoms with Crippen molar-refractivity contribution in [1.82, 2.24) is 10.2 Å². The highest BCUT2D eigenvalue weighted by molar-refractivity contribution is 5.74. The van der Waals surface area contributed by atoms with E-state index >= 15 is 0 Å². The molecule has 0 spiro atoms. The van der Waals surface area contributed by atoms with Gasteiger partial charge < -0.3 is 20.1 Å². The van der Waals surface area contributed by atoms with Gasteiger partial charge in [0.05, 0.1) is 6.10 Å². The number of nitrogens with one attached hydrogen (secondary N) is 1. The molecule has 1 aliphatic rings. The van der Waals surface area contributed by atoms with Gasteiger partial charge in [-0.2, -0.15) is 0 Å². The SMILES string of the molecule is CCOC1CCCN(C(=O)NCC(C)CC(=O)O)C1. The van der Waals surface area contributed by atoms with Crippen LogP contribution in [0.2, 0.25) is 0 Å². The van der Waals surface area contributed by atoms with E-state index < -0.39 is 5.97 Å². The highest BCUT2D eigenvalue weighted by atomic mass is 16.5. The number of carboxylic acid groups (broad SMARTS) is 1. The summed E-state index contributed by atoms with van der Waals surface area (Å²) in [6, 6.07) is -0.123. The minimum absolute atomic E-state index is 0.0612. The summed E-state index contributed by atoms with van der Waals surface area (Å²) in [5.41, 5.74) is 0.